The van der Waals surface area contributed by atoms with E-state index in [1.807, 2.05) is 0 Å². The topological polar surface area (TPSA) is 20.2 Å². The van der Waals surface area contributed by atoms with Gasteiger partial charge in [0.25, 0.3) is 0 Å². The molecule has 0 bridgehead atoms. The van der Waals surface area contributed by atoms with Crippen LogP contribution in [0.15, 0.2) is 12.7 Å². The van der Waals surface area contributed by atoms with Crippen LogP contribution in [0.1, 0.15) is 25.7 Å². The highest BCUT2D eigenvalue weighted by atomic mass is 16.3. The van der Waals surface area contributed by atoms with Crippen molar-refractivity contribution in [1.29, 1.82) is 0 Å². The highest BCUT2D eigenvalue weighted by Crippen LogP contribution is 2.23. The lowest BCUT2D eigenvalue weighted by molar-refractivity contribution is 0.281. The third-order valence-electron chi connectivity index (χ3n) is 2.01. The zero-order chi connectivity index (χ0) is 8.10. The summed E-state index contributed by atoms with van der Waals surface area (Å²) in [6.45, 7) is 3.45. The first kappa shape index (κ1) is 8.36. The van der Waals surface area contributed by atoms with Crippen LogP contribution < -0.4 is 0 Å². The summed E-state index contributed by atoms with van der Waals surface area (Å²) in [6, 6.07) is 0. The fourth-order valence-corrected chi connectivity index (χ4v) is 1.33. The third-order valence-corrected chi connectivity index (χ3v) is 2.01. The maximum absolute atomic E-state index is 9.03. The first-order chi connectivity index (χ1) is 5.33. The summed E-state index contributed by atoms with van der Waals surface area (Å²) >= 11 is 0. The van der Waals surface area contributed by atoms with Crippen LogP contribution in [0.3, 0.4) is 0 Å². The molecule has 0 heterocycles. The van der Waals surface area contributed by atoms with Gasteiger partial charge in [0.15, 0.2) is 0 Å². The van der Waals surface area contributed by atoms with Gasteiger partial charge in [-0.25, -0.2) is 0 Å². The minimum Gasteiger partial charge on any atom is -0.377 e. The molecule has 11 heavy (non-hydrogen) atoms. The Labute approximate surface area is 68.1 Å². The van der Waals surface area contributed by atoms with Gasteiger partial charge in [-0.05, 0) is 12.8 Å². The molecule has 0 amide bonds. The van der Waals surface area contributed by atoms with Crippen LogP contribution in [0.5, 0.6) is 0 Å². The van der Waals surface area contributed by atoms with E-state index in [9.17, 15) is 0 Å². The molecule has 1 heteroatoms. The number of aliphatic hydroxyl groups is 1. The first-order valence-corrected chi connectivity index (χ1v) is 4.14. The highest BCUT2D eigenvalue weighted by molar-refractivity contribution is 5.13. The van der Waals surface area contributed by atoms with Gasteiger partial charge in [0, 0.05) is 5.92 Å². The lowest BCUT2D eigenvalue weighted by atomic mass is 10.1. The average molecular weight is 150 g/mol. The van der Waals surface area contributed by atoms with Crippen LogP contribution in [-0.4, -0.2) is 11.2 Å². The molecular weight excluding hydrogens is 136 g/mol. The fraction of sp³-hybridized carbons (Fsp3) is 0.600. The van der Waals surface area contributed by atoms with E-state index in [0.717, 1.165) is 0 Å². The SMILES string of the molecule is C=CC(O)C#CC1CCCC1. The average Bonchev–Trinajstić information content (AvgIpc) is 2.52. The molecule has 1 atom stereocenters. The van der Waals surface area contributed by atoms with Crippen LogP contribution in [0.4, 0.5) is 0 Å². The van der Waals surface area contributed by atoms with E-state index in [-0.39, 0.29) is 0 Å². The molecular formula is C10H14O. The smallest absolute Gasteiger partial charge is 0.133 e. The van der Waals surface area contributed by atoms with E-state index < -0.39 is 6.10 Å². The van der Waals surface area contributed by atoms with Crippen molar-refractivity contribution >= 4 is 0 Å². The number of aliphatic hydroxyl groups excluding tert-OH is 1. The van der Waals surface area contributed by atoms with Crippen LogP contribution in [0.2, 0.25) is 0 Å². The van der Waals surface area contributed by atoms with Gasteiger partial charge in [-0.2, -0.15) is 0 Å². The number of hydrogen-bond acceptors (Lipinski definition) is 1. The van der Waals surface area contributed by atoms with Crippen molar-refractivity contribution in [2.45, 2.75) is 31.8 Å². The highest BCUT2D eigenvalue weighted by Gasteiger charge is 2.11. The van der Waals surface area contributed by atoms with Crippen molar-refractivity contribution in [2.75, 3.05) is 0 Å². The van der Waals surface area contributed by atoms with Crippen molar-refractivity contribution < 1.29 is 5.11 Å². The molecule has 1 rings (SSSR count). The van der Waals surface area contributed by atoms with Gasteiger partial charge in [0.1, 0.15) is 6.10 Å². The second-order valence-electron chi connectivity index (χ2n) is 2.95. The molecule has 0 spiro atoms. The molecule has 0 aromatic heterocycles. The summed E-state index contributed by atoms with van der Waals surface area (Å²) in [5, 5.41) is 9.03. The Morgan fingerprint density at radius 3 is 2.64 bits per heavy atom. The summed E-state index contributed by atoms with van der Waals surface area (Å²) < 4.78 is 0. The first-order valence-electron chi connectivity index (χ1n) is 4.14. The van der Waals surface area contributed by atoms with E-state index >= 15 is 0 Å². The van der Waals surface area contributed by atoms with Gasteiger partial charge in [-0.3, -0.25) is 0 Å². The van der Waals surface area contributed by atoms with E-state index in [2.05, 4.69) is 18.4 Å². The lowest BCUT2D eigenvalue weighted by Crippen LogP contribution is -1.97. The number of rotatable bonds is 1. The van der Waals surface area contributed by atoms with Crippen LogP contribution in [-0.2, 0) is 0 Å². The molecule has 0 aromatic carbocycles. The molecule has 0 saturated heterocycles. The molecule has 1 aliphatic rings. The second kappa shape index (κ2) is 4.20. The lowest BCUT2D eigenvalue weighted by Gasteiger charge is -1.96. The van der Waals surface area contributed by atoms with Gasteiger partial charge >= 0.3 is 0 Å². The quantitative estimate of drug-likeness (QED) is 0.446. The van der Waals surface area contributed by atoms with Gasteiger partial charge in [0.05, 0.1) is 0 Å². The molecule has 0 aliphatic heterocycles. The monoisotopic (exact) mass is 150 g/mol. The molecule has 1 aliphatic carbocycles. The van der Waals surface area contributed by atoms with Crippen LogP contribution in [0.25, 0.3) is 0 Å². The molecule has 1 unspecified atom stereocenters. The molecule has 1 nitrogen and oxygen atoms in total. The van der Waals surface area contributed by atoms with Gasteiger partial charge < -0.3 is 5.11 Å². The summed E-state index contributed by atoms with van der Waals surface area (Å²) in [4.78, 5) is 0. The van der Waals surface area contributed by atoms with Gasteiger partial charge in [-0.15, -0.1) is 0 Å². The van der Waals surface area contributed by atoms with E-state index in [1.54, 1.807) is 0 Å². The predicted octanol–water partition coefficient (Wildman–Crippen LogP) is 1.73. The zero-order valence-electron chi connectivity index (χ0n) is 6.71. The summed E-state index contributed by atoms with van der Waals surface area (Å²) in [7, 11) is 0. The Bertz CT molecular complexity index is 179. The largest absolute Gasteiger partial charge is 0.377 e. The normalized spacial score (nSPS) is 20.5. The molecule has 1 fully saturated rings. The number of hydrogen-bond donors (Lipinski definition) is 1. The van der Waals surface area contributed by atoms with E-state index in [1.165, 1.54) is 31.8 Å². The summed E-state index contributed by atoms with van der Waals surface area (Å²) in [5.41, 5.74) is 0. The Kier molecular flexibility index (Phi) is 3.19. The van der Waals surface area contributed by atoms with Gasteiger partial charge in [0.2, 0.25) is 0 Å². The van der Waals surface area contributed by atoms with Gasteiger partial charge in [-0.1, -0.05) is 37.3 Å². The summed E-state index contributed by atoms with van der Waals surface area (Å²) in [6.07, 6.45) is 5.83. The molecule has 60 valence electrons. The third kappa shape index (κ3) is 2.78. The van der Waals surface area contributed by atoms with E-state index in [0.29, 0.717) is 5.92 Å². The van der Waals surface area contributed by atoms with E-state index in [4.69, 9.17) is 5.11 Å². The Morgan fingerprint density at radius 2 is 2.09 bits per heavy atom. The molecule has 0 aromatic rings. The maximum Gasteiger partial charge on any atom is 0.133 e. The molecule has 0 radical (unpaired) electrons. The van der Waals surface area contributed by atoms with Crippen LogP contribution in [0, 0.1) is 17.8 Å². The van der Waals surface area contributed by atoms with Crippen molar-refractivity contribution in [3.63, 3.8) is 0 Å². The maximum atomic E-state index is 9.03. The second-order valence-corrected chi connectivity index (χ2v) is 2.95. The Morgan fingerprint density at radius 1 is 1.45 bits per heavy atom. The standard InChI is InChI=1S/C10H14O/c1-2-10(11)8-7-9-5-3-4-6-9/h2,9-11H,1,3-6H2. The predicted molar refractivity (Wildman–Crippen MR) is 45.9 cm³/mol. The fourth-order valence-electron chi connectivity index (χ4n) is 1.33. The minimum absolute atomic E-state index is 0.532. The zero-order valence-corrected chi connectivity index (χ0v) is 6.71. The molecule has 1 saturated carbocycles. The Balaban J connectivity index is 2.35. The van der Waals surface area contributed by atoms with Crippen molar-refractivity contribution in [3.8, 4) is 11.8 Å². The summed E-state index contributed by atoms with van der Waals surface area (Å²) in [5.74, 6) is 6.35. The van der Waals surface area contributed by atoms with Crippen LogP contribution >= 0.6 is 0 Å². The Hall–Kier alpha value is -0.740. The molecule has 1 N–H and O–H groups in total. The minimum atomic E-state index is -0.629. The van der Waals surface area contributed by atoms with Crippen molar-refractivity contribution in [1.82, 2.24) is 0 Å². The van der Waals surface area contributed by atoms with Crippen molar-refractivity contribution in [2.24, 2.45) is 5.92 Å². The van der Waals surface area contributed by atoms with Crippen molar-refractivity contribution in [3.05, 3.63) is 12.7 Å².